The van der Waals surface area contributed by atoms with Crippen LogP contribution in [0.2, 0.25) is 0 Å². The fraction of sp³-hybridized carbons (Fsp3) is 0.333. The Kier molecular flexibility index (Phi) is 4.65. The number of nitrogens with zero attached hydrogens (tertiary/aromatic N) is 1. The molecule has 3 aromatic rings. The van der Waals surface area contributed by atoms with Crippen molar-refractivity contribution in [1.82, 2.24) is 0 Å². The minimum absolute atomic E-state index is 0. The summed E-state index contributed by atoms with van der Waals surface area (Å²) in [7, 11) is 2.41. The van der Waals surface area contributed by atoms with Gasteiger partial charge in [0.2, 0.25) is 0 Å². The average Bonchev–Trinajstić information content (AvgIpc) is 2.54. The highest BCUT2D eigenvalue weighted by Crippen LogP contribution is 2.33. The molecule has 0 saturated carbocycles. The van der Waals surface area contributed by atoms with E-state index in [1.165, 1.54) is 58.5 Å². The van der Waals surface area contributed by atoms with Gasteiger partial charge in [-0.25, -0.2) is 0 Å². The van der Waals surface area contributed by atoms with Crippen molar-refractivity contribution in [2.45, 2.75) is 26.3 Å². The van der Waals surface area contributed by atoms with E-state index in [-0.39, 0.29) is 24.0 Å². The summed E-state index contributed by atoms with van der Waals surface area (Å²) in [4.78, 5) is 0. The molecule has 120 valence electrons. The van der Waals surface area contributed by atoms with Gasteiger partial charge in [-0.15, -0.1) is 0 Å². The van der Waals surface area contributed by atoms with Crippen LogP contribution >= 0.6 is 0 Å². The van der Waals surface area contributed by atoms with Crippen molar-refractivity contribution in [2.24, 2.45) is 0 Å². The second-order valence-corrected chi connectivity index (χ2v) is 7.06. The van der Waals surface area contributed by atoms with Gasteiger partial charge in [-0.1, -0.05) is 55.5 Å². The van der Waals surface area contributed by atoms with Crippen molar-refractivity contribution in [3.05, 3.63) is 59.7 Å². The third kappa shape index (κ3) is 2.87. The lowest BCUT2D eigenvalue weighted by atomic mass is 9.90. The van der Waals surface area contributed by atoms with Crippen LogP contribution in [-0.2, 0) is 13.0 Å². The van der Waals surface area contributed by atoms with Gasteiger partial charge in [-0.2, -0.15) is 0 Å². The maximum atomic E-state index is 2.41. The maximum Gasteiger partial charge on any atom is 0.104 e. The molecule has 1 unspecified atom stereocenters. The first-order chi connectivity index (χ1) is 10.7. The molecule has 0 saturated heterocycles. The highest BCUT2D eigenvalue weighted by molar-refractivity contribution is 6.08. The average molecular weight is 417 g/mol. The van der Waals surface area contributed by atoms with Crippen LogP contribution in [0.1, 0.15) is 24.5 Å². The summed E-state index contributed by atoms with van der Waals surface area (Å²) in [5.74, 6) is 0. The zero-order valence-electron chi connectivity index (χ0n) is 14.0. The Balaban J connectivity index is 0.00000156. The fourth-order valence-corrected chi connectivity index (χ4v) is 4.24. The van der Waals surface area contributed by atoms with E-state index in [9.17, 15) is 0 Å². The first kappa shape index (κ1) is 16.7. The molecule has 1 atom stereocenters. The van der Waals surface area contributed by atoms with E-state index >= 15 is 0 Å². The Morgan fingerprint density at radius 1 is 0.913 bits per heavy atom. The zero-order valence-corrected chi connectivity index (χ0v) is 16.1. The van der Waals surface area contributed by atoms with E-state index < -0.39 is 0 Å². The third-order valence-electron chi connectivity index (χ3n) is 5.35. The molecule has 3 aromatic carbocycles. The summed E-state index contributed by atoms with van der Waals surface area (Å²) in [6, 6.07) is 18.1. The van der Waals surface area contributed by atoms with Gasteiger partial charge in [0, 0.05) is 12.0 Å². The van der Waals surface area contributed by atoms with Gasteiger partial charge < -0.3 is 28.5 Å². The van der Waals surface area contributed by atoms with Crippen molar-refractivity contribution in [3.63, 3.8) is 0 Å². The third-order valence-corrected chi connectivity index (χ3v) is 5.35. The Hall–Kier alpha value is -1.13. The predicted molar refractivity (Wildman–Crippen MR) is 95.1 cm³/mol. The zero-order chi connectivity index (χ0) is 15.2. The Morgan fingerprint density at radius 3 is 2.52 bits per heavy atom. The van der Waals surface area contributed by atoms with Gasteiger partial charge in [0.05, 0.1) is 20.1 Å². The number of likely N-dealkylation sites (N-methyl/N-ethyl adjacent to an activating group) is 1. The summed E-state index contributed by atoms with van der Waals surface area (Å²) in [5.41, 5.74) is 3.15. The first-order valence-electron chi connectivity index (χ1n) is 8.46. The molecule has 23 heavy (non-hydrogen) atoms. The minimum Gasteiger partial charge on any atom is -1.00 e. The molecule has 4 rings (SSSR count). The van der Waals surface area contributed by atoms with Crippen LogP contribution in [0.15, 0.2) is 48.5 Å². The van der Waals surface area contributed by atoms with E-state index in [4.69, 9.17) is 0 Å². The number of rotatable bonds is 2. The summed E-state index contributed by atoms with van der Waals surface area (Å²) >= 11 is 0. The summed E-state index contributed by atoms with van der Waals surface area (Å²) in [5, 5.41) is 5.62. The Morgan fingerprint density at radius 2 is 1.70 bits per heavy atom. The smallest absolute Gasteiger partial charge is 0.104 e. The van der Waals surface area contributed by atoms with Gasteiger partial charge in [-0.05, 0) is 33.5 Å². The molecule has 0 bridgehead atoms. The van der Waals surface area contributed by atoms with Crippen LogP contribution in [0.3, 0.4) is 0 Å². The topological polar surface area (TPSA) is 0 Å². The van der Waals surface area contributed by atoms with E-state index in [0.29, 0.717) is 0 Å². The molecule has 1 heterocycles. The molecule has 0 N–H and O–H groups in total. The monoisotopic (exact) mass is 417 g/mol. The molecule has 2 heteroatoms. The van der Waals surface area contributed by atoms with E-state index in [2.05, 4.69) is 62.5 Å². The number of fused-ring (bicyclic) bond motifs is 5. The standard InChI is InChI=1S/C21H24N.HI/c1-3-13-22(2)14-12-19-17(15-22)9-11-20-18-7-5-4-6-16(18)8-10-21(19)20;/h4-11H,3,12-15H2,1-2H3;1H/q+1;/p-1. The van der Waals surface area contributed by atoms with Crippen LogP contribution < -0.4 is 24.0 Å². The molecule has 0 aliphatic carbocycles. The SMILES string of the molecule is CCC[N+]1(C)CCc2c(ccc3c2ccc2ccccc23)C1.[I-]. The maximum absolute atomic E-state index is 2.41. The normalized spacial score (nSPS) is 20.3. The van der Waals surface area contributed by atoms with Crippen molar-refractivity contribution in [1.29, 1.82) is 0 Å². The highest BCUT2D eigenvalue weighted by atomic mass is 127. The number of hydrogen-bond acceptors (Lipinski definition) is 0. The quantitative estimate of drug-likeness (QED) is 0.340. The highest BCUT2D eigenvalue weighted by Gasteiger charge is 2.28. The molecular formula is C21H24IN. The summed E-state index contributed by atoms with van der Waals surface area (Å²) in [6.45, 7) is 6.04. The van der Waals surface area contributed by atoms with E-state index in [1.54, 1.807) is 11.1 Å². The van der Waals surface area contributed by atoms with Crippen molar-refractivity contribution in [2.75, 3.05) is 20.1 Å². The van der Waals surface area contributed by atoms with Gasteiger partial charge in [0.1, 0.15) is 6.54 Å². The summed E-state index contributed by atoms with van der Waals surface area (Å²) < 4.78 is 1.20. The predicted octanol–water partition coefficient (Wildman–Crippen LogP) is 1.91. The van der Waals surface area contributed by atoms with Crippen molar-refractivity contribution in [3.8, 4) is 0 Å². The van der Waals surface area contributed by atoms with Crippen LogP contribution in [0.5, 0.6) is 0 Å². The Bertz CT molecular complexity index is 855. The van der Waals surface area contributed by atoms with Crippen LogP contribution in [0.25, 0.3) is 21.5 Å². The second-order valence-electron chi connectivity index (χ2n) is 7.06. The Labute approximate surface area is 155 Å². The molecule has 1 nitrogen and oxygen atoms in total. The lowest BCUT2D eigenvalue weighted by Gasteiger charge is -2.39. The molecular weight excluding hydrogens is 393 g/mol. The minimum atomic E-state index is 0. The fourth-order valence-electron chi connectivity index (χ4n) is 4.24. The molecule has 0 spiro atoms. The number of quaternary nitrogens is 1. The van der Waals surface area contributed by atoms with Gasteiger partial charge in [0.25, 0.3) is 0 Å². The molecule has 1 aliphatic rings. The lowest BCUT2D eigenvalue weighted by molar-refractivity contribution is -0.924. The molecule has 0 aromatic heterocycles. The van der Waals surface area contributed by atoms with E-state index in [0.717, 1.165) is 0 Å². The number of halogens is 1. The van der Waals surface area contributed by atoms with Crippen LogP contribution in [-0.4, -0.2) is 24.6 Å². The van der Waals surface area contributed by atoms with Gasteiger partial charge >= 0.3 is 0 Å². The van der Waals surface area contributed by atoms with Crippen molar-refractivity contribution < 1.29 is 28.5 Å². The van der Waals surface area contributed by atoms with E-state index in [1.807, 2.05) is 0 Å². The van der Waals surface area contributed by atoms with Crippen LogP contribution in [0.4, 0.5) is 0 Å². The van der Waals surface area contributed by atoms with Crippen molar-refractivity contribution >= 4 is 21.5 Å². The first-order valence-corrected chi connectivity index (χ1v) is 8.46. The largest absolute Gasteiger partial charge is 1.00 e. The summed E-state index contributed by atoms with van der Waals surface area (Å²) in [6.07, 6.45) is 2.48. The van der Waals surface area contributed by atoms with Gasteiger partial charge in [0.15, 0.2) is 0 Å². The molecule has 0 radical (unpaired) electrons. The number of benzene rings is 3. The molecule has 0 amide bonds. The number of hydrogen-bond donors (Lipinski definition) is 0. The lowest BCUT2D eigenvalue weighted by Crippen LogP contribution is -3.00. The van der Waals surface area contributed by atoms with Crippen LogP contribution in [0, 0.1) is 0 Å². The molecule has 0 fully saturated rings. The molecule has 1 aliphatic heterocycles. The second kappa shape index (κ2) is 6.40. The van der Waals surface area contributed by atoms with Gasteiger partial charge in [-0.3, -0.25) is 0 Å².